The molecule has 2 aromatic rings. The molecule has 1 aliphatic rings. The SMILES string of the molecule is Cc1ccc(S(=O)(=O)N2CCOCC2)cc1C(=O)OCc1c(F)c(F)c(F)c(F)c1F. The van der Waals surface area contributed by atoms with E-state index >= 15 is 0 Å². The first-order valence-corrected chi connectivity index (χ1v) is 10.4. The van der Waals surface area contributed by atoms with E-state index in [0.717, 1.165) is 6.07 Å². The van der Waals surface area contributed by atoms with Gasteiger partial charge in [0, 0.05) is 13.1 Å². The van der Waals surface area contributed by atoms with Gasteiger partial charge in [-0.25, -0.2) is 35.2 Å². The minimum Gasteiger partial charge on any atom is -0.457 e. The van der Waals surface area contributed by atoms with Crippen molar-refractivity contribution in [3.05, 3.63) is 64.0 Å². The van der Waals surface area contributed by atoms with Crippen molar-refractivity contribution in [2.24, 2.45) is 0 Å². The van der Waals surface area contributed by atoms with Gasteiger partial charge in [0.25, 0.3) is 0 Å². The number of carbonyl (C=O) groups excluding carboxylic acids is 1. The fraction of sp³-hybridized carbons (Fsp3) is 0.316. The molecule has 31 heavy (non-hydrogen) atoms. The summed E-state index contributed by atoms with van der Waals surface area (Å²) in [6, 6.07) is 3.64. The zero-order valence-corrected chi connectivity index (χ0v) is 16.9. The fourth-order valence-corrected chi connectivity index (χ4v) is 4.34. The molecule has 1 fully saturated rings. The van der Waals surface area contributed by atoms with Gasteiger partial charge in [0.05, 0.1) is 29.2 Å². The van der Waals surface area contributed by atoms with E-state index < -0.39 is 57.2 Å². The summed E-state index contributed by atoms with van der Waals surface area (Å²) >= 11 is 0. The lowest BCUT2D eigenvalue weighted by Gasteiger charge is -2.26. The van der Waals surface area contributed by atoms with E-state index in [1.54, 1.807) is 0 Å². The van der Waals surface area contributed by atoms with Gasteiger partial charge in [-0.1, -0.05) is 6.07 Å². The lowest BCUT2D eigenvalue weighted by atomic mass is 10.1. The molecule has 0 unspecified atom stereocenters. The van der Waals surface area contributed by atoms with E-state index in [1.165, 1.54) is 23.4 Å². The first-order valence-electron chi connectivity index (χ1n) is 8.91. The van der Waals surface area contributed by atoms with Gasteiger partial charge in [0.1, 0.15) is 6.61 Å². The first kappa shape index (κ1) is 23.1. The standard InChI is InChI=1S/C19H16F5NO5S/c1-10-2-3-11(31(27,28)25-4-6-29-7-5-25)8-12(10)19(26)30-9-13-14(20)16(22)18(24)17(23)15(13)21/h2-3,8H,4-7,9H2,1H3. The van der Waals surface area contributed by atoms with E-state index in [-0.39, 0.29) is 42.3 Å². The molecule has 168 valence electrons. The molecule has 0 amide bonds. The molecule has 0 saturated carbocycles. The van der Waals surface area contributed by atoms with Crippen LogP contribution in [0, 0.1) is 36.0 Å². The maximum Gasteiger partial charge on any atom is 0.338 e. The zero-order valence-electron chi connectivity index (χ0n) is 16.1. The molecule has 1 saturated heterocycles. The van der Waals surface area contributed by atoms with Crippen LogP contribution >= 0.6 is 0 Å². The van der Waals surface area contributed by atoms with E-state index in [0.29, 0.717) is 0 Å². The third-order valence-corrected chi connectivity index (χ3v) is 6.58. The normalized spacial score (nSPS) is 15.2. The predicted octanol–water partition coefficient (Wildman–Crippen LogP) is 3.07. The number of nitrogens with zero attached hydrogens (tertiary/aromatic N) is 1. The average Bonchev–Trinajstić information content (AvgIpc) is 2.77. The van der Waals surface area contributed by atoms with Gasteiger partial charge in [-0.15, -0.1) is 0 Å². The average molecular weight is 465 g/mol. The Bertz CT molecular complexity index is 1100. The molecule has 3 rings (SSSR count). The molecule has 0 bridgehead atoms. The maximum absolute atomic E-state index is 13.8. The largest absolute Gasteiger partial charge is 0.457 e. The molecule has 0 aromatic heterocycles. The highest BCUT2D eigenvalue weighted by Crippen LogP contribution is 2.25. The Hall–Kier alpha value is -2.57. The van der Waals surface area contributed by atoms with Gasteiger partial charge >= 0.3 is 5.97 Å². The molecule has 0 aliphatic carbocycles. The quantitative estimate of drug-likeness (QED) is 0.294. The number of hydrogen-bond donors (Lipinski definition) is 0. The topological polar surface area (TPSA) is 72.9 Å². The van der Waals surface area contributed by atoms with Crippen LogP contribution in [0.1, 0.15) is 21.5 Å². The molecule has 0 spiro atoms. The number of sulfonamides is 1. The number of ether oxygens (including phenoxy) is 2. The predicted molar refractivity (Wildman–Crippen MR) is 96.1 cm³/mol. The highest BCUT2D eigenvalue weighted by Gasteiger charge is 2.29. The summed E-state index contributed by atoms with van der Waals surface area (Å²) in [6.45, 7) is 0.876. The lowest BCUT2D eigenvalue weighted by Crippen LogP contribution is -2.40. The molecular weight excluding hydrogens is 449 g/mol. The highest BCUT2D eigenvalue weighted by atomic mass is 32.2. The van der Waals surface area contributed by atoms with E-state index in [9.17, 15) is 35.2 Å². The van der Waals surface area contributed by atoms with Gasteiger partial charge in [0.2, 0.25) is 15.8 Å². The Labute approximate surface area is 174 Å². The second kappa shape index (κ2) is 8.89. The van der Waals surface area contributed by atoms with E-state index in [4.69, 9.17) is 9.47 Å². The number of esters is 1. The second-order valence-electron chi connectivity index (χ2n) is 6.62. The van der Waals surface area contributed by atoms with Crippen LogP contribution in [-0.4, -0.2) is 45.0 Å². The maximum atomic E-state index is 13.8. The summed E-state index contributed by atoms with van der Waals surface area (Å²) in [4.78, 5) is 12.2. The summed E-state index contributed by atoms with van der Waals surface area (Å²) in [5.74, 6) is -12.1. The number of aryl methyl sites for hydroxylation is 1. The summed E-state index contributed by atoms with van der Waals surface area (Å²) in [5, 5.41) is 0. The van der Waals surface area contributed by atoms with Crippen molar-refractivity contribution in [1.29, 1.82) is 0 Å². The minimum absolute atomic E-state index is 0.121. The van der Waals surface area contributed by atoms with Gasteiger partial charge in [-0.3, -0.25) is 0 Å². The van der Waals surface area contributed by atoms with Crippen molar-refractivity contribution < 1.29 is 44.6 Å². The number of carbonyl (C=O) groups is 1. The molecule has 12 heteroatoms. The lowest BCUT2D eigenvalue weighted by molar-refractivity contribution is 0.0461. The van der Waals surface area contributed by atoms with E-state index in [1.807, 2.05) is 0 Å². The molecule has 0 N–H and O–H groups in total. The Morgan fingerprint density at radius 3 is 2.13 bits per heavy atom. The summed E-state index contributed by atoms with van der Waals surface area (Å²) in [7, 11) is -3.95. The van der Waals surface area contributed by atoms with Crippen molar-refractivity contribution in [2.75, 3.05) is 26.3 Å². The number of rotatable bonds is 5. The van der Waals surface area contributed by atoms with Crippen LogP contribution in [0.3, 0.4) is 0 Å². The highest BCUT2D eigenvalue weighted by molar-refractivity contribution is 7.89. The summed E-state index contributed by atoms with van der Waals surface area (Å²) in [5.41, 5.74) is -1.28. The van der Waals surface area contributed by atoms with Crippen molar-refractivity contribution >= 4 is 16.0 Å². The van der Waals surface area contributed by atoms with Crippen LogP contribution in [-0.2, 0) is 26.1 Å². The molecule has 1 aliphatic heterocycles. The number of morpholine rings is 1. The van der Waals surface area contributed by atoms with Gasteiger partial charge < -0.3 is 9.47 Å². The Kier molecular flexibility index (Phi) is 6.62. The molecule has 0 atom stereocenters. The third kappa shape index (κ3) is 4.41. The molecule has 2 aromatic carbocycles. The Balaban J connectivity index is 1.86. The van der Waals surface area contributed by atoms with Crippen molar-refractivity contribution in [1.82, 2.24) is 4.31 Å². The monoisotopic (exact) mass is 465 g/mol. The Morgan fingerprint density at radius 1 is 1.00 bits per heavy atom. The zero-order chi connectivity index (χ0) is 22.9. The van der Waals surface area contributed by atoms with Crippen LogP contribution in [0.2, 0.25) is 0 Å². The van der Waals surface area contributed by atoms with Crippen molar-refractivity contribution in [3.8, 4) is 0 Å². The van der Waals surface area contributed by atoms with E-state index in [2.05, 4.69) is 0 Å². The van der Waals surface area contributed by atoms with Crippen LogP contribution in [0.25, 0.3) is 0 Å². The number of halogens is 5. The molecule has 0 radical (unpaired) electrons. The first-order chi connectivity index (χ1) is 14.6. The van der Waals surface area contributed by atoms with Crippen molar-refractivity contribution in [3.63, 3.8) is 0 Å². The number of hydrogen-bond acceptors (Lipinski definition) is 5. The summed E-state index contributed by atoms with van der Waals surface area (Å²) in [6.07, 6.45) is 0. The van der Waals surface area contributed by atoms with Crippen LogP contribution < -0.4 is 0 Å². The van der Waals surface area contributed by atoms with Gasteiger partial charge in [-0.2, -0.15) is 4.31 Å². The third-order valence-electron chi connectivity index (χ3n) is 4.69. The van der Waals surface area contributed by atoms with Gasteiger partial charge in [0.15, 0.2) is 23.3 Å². The minimum atomic E-state index is -3.95. The second-order valence-corrected chi connectivity index (χ2v) is 8.56. The summed E-state index contributed by atoms with van der Waals surface area (Å²) < 4.78 is 104. The molecule has 1 heterocycles. The van der Waals surface area contributed by atoms with Gasteiger partial charge in [-0.05, 0) is 24.6 Å². The van der Waals surface area contributed by atoms with Crippen LogP contribution in [0.15, 0.2) is 23.1 Å². The fourth-order valence-electron chi connectivity index (χ4n) is 2.91. The van der Waals surface area contributed by atoms with Crippen LogP contribution in [0.5, 0.6) is 0 Å². The smallest absolute Gasteiger partial charge is 0.338 e. The number of benzene rings is 2. The Morgan fingerprint density at radius 2 is 1.55 bits per heavy atom. The molecule has 6 nitrogen and oxygen atoms in total. The van der Waals surface area contributed by atoms with Crippen molar-refractivity contribution in [2.45, 2.75) is 18.4 Å². The van der Waals surface area contributed by atoms with Crippen LogP contribution in [0.4, 0.5) is 22.0 Å². The molecular formula is C19H16F5NO5S.